The Balaban J connectivity index is 1.98. The summed E-state index contributed by atoms with van der Waals surface area (Å²) in [5.74, 6) is 1.47. The van der Waals surface area contributed by atoms with Gasteiger partial charge in [0, 0.05) is 17.2 Å². The summed E-state index contributed by atoms with van der Waals surface area (Å²) in [7, 11) is 0. The highest BCUT2D eigenvalue weighted by Gasteiger charge is 2.46. The Bertz CT molecular complexity index is 465. The van der Waals surface area contributed by atoms with Crippen molar-refractivity contribution in [3.8, 4) is 5.75 Å². The summed E-state index contributed by atoms with van der Waals surface area (Å²) < 4.78 is 19.4. The summed E-state index contributed by atoms with van der Waals surface area (Å²) >= 11 is 1.89. The van der Waals surface area contributed by atoms with Crippen LogP contribution in [0.4, 0.5) is 4.39 Å². The number of rotatable bonds is 0. The maximum Gasteiger partial charge on any atom is 0.126 e. The van der Waals surface area contributed by atoms with E-state index in [2.05, 4.69) is 6.92 Å². The van der Waals surface area contributed by atoms with Gasteiger partial charge in [0.25, 0.3) is 0 Å². The average molecular weight is 268 g/mol. The second kappa shape index (κ2) is 4.42. The van der Waals surface area contributed by atoms with E-state index in [0.29, 0.717) is 23.0 Å². The molecule has 2 nitrogen and oxygen atoms in total. The number of aliphatic hydroxyl groups is 1. The van der Waals surface area contributed by atoms with Gasteiger partial charge in [-0.3, -0.25) is 0 Å². The van der Waals surface area contributed by atoms with Crippen LogP contribution < -0.4 is 4.74 Å². The zero-order valence-electron chi connectivity index (χ0n) is 10.4. The molecular weight excluding hydrogens is 251 g/mol. The maximum absolute atomic E-state index is 13.2. The first-order chi connectivity index (χ1) is 8.61. The molecule has 1 fully saturated rings. The Kier molecular flexibility index (Phi) is 3.02. The number of thioether (sulfide) groups is 1. The molecule has 1 aromatic rings. The van der Waals surface area contributed by atoms with Gasteiger partial charge in [-0.05, 0) is 43.7 Å². The smallest absolute Gasteiger partial charge is 0.126 e. The van der Waals surface area contributed by atoms with Crippen LogP contribution in [0.3, 0.4) is 0 Å². The van der Waals surface area contributed by atoms with Crippen LogP contribution in [0, 0.1) is 5.82 Å². The van der Waals surface area contributed by atoms with Gasteiger partial charge in [-0.1, -0.05) is 0 Å². The third-order valence-corrected chi connectivity index (χ3v) is 5.49. The maximum atomic E-state index is 13.2. The predicted molar refractivity (Wildman–Crippen MR) is 70.5 cm³/mol. The molecule has 3 rings (SSSR count). The quantitative estimate of drug-likeness (QED) is 0.783. The van der Waals surface area contributed by atoms with Gasteiger partial charge >= 0.3 is 0 Å². The largest absolute Gasteiger partial charge is 0.486 e. The molecule has 2 aliphatic heterocycles. The van der Waals surface area contributed by atoms with E-state index in [1.54, 1.807) is 6.07 Å². The molecule has 0 aromatic heterocycles. The molecule has 0 saturated carbocycles. The SMILES string of the molecule is CC1SCCCC12CC(O)c1cc(F)ccc1O2. The van der Waals surface area contributed by atoms with Gasteiger partial charge < -0.3 is 9.84 Å². The van der Waals surface area contributed by atoms with Crippen molar-refractivity contribution >= 4 is 11.8 Å². The fraction of sp³-hybridized carbons (Fsp3) is 0.571. The van der Waals surface area contributed by atoms with Crippen molar-refractivity contribution in [2.45, 2.75) is 43.1 Å². The van der Waals surface area contributed by atoms with Gasteiger partial charge in [0.15, 0.2) is 0 Å². The summed E-state index contributed by atoms with van der Waals surface area (Å²) in [6.07, 6.45) is 2.02. The van der Waals surface area contributed by atoms with Crippen molar-refractivity contribution in [3.63, 3.8) is 0 Å². The van der Waals surface area contributed by atoms with E-state index in [1.165, 1.54) is 12.1 Å². The normalized spacial score (nSPS) is 35.1. The van der Waals surface area contributed by atoms with Crippen molar-refractivity contribution in [1.82, 2.24) is 0 Å². The number of hydrogen-bond acceptors (Lipinski definition) is 3. The third kappa shape index (κ3) is 1.91. The summed E-state index contributed by atoms with van der Waals surface area (Å²) in [5, 5.41) is 10.6. The summed E-state index contributed by atoms with van der Waals surface area (Å²) in [4.78, 5) is 0. The molecule has 0 amide bonds. The van der Waals surface area contributed by atoms with E-state index in [9.17, 15) is 9.50 Å². The zero-order chi connectivity index (χ0) is 12.8. The van der Waals surface area contributed by atoms with Crippen LogP contribution in [-0.4, -0.2) is 21.7 Å². The Hall–Kier alpha value is -0.740. The first-order valence-electron chi connectivity index (χ1n) is 6.39. The first-order valence-corrected chi connectivity index (χ1v) is 7.44. The van der Waals surface area contributed by atoms with Crippen LogP contribution in [0.25, 0.3) is 0 Å². The van der Waals surface area contributed by atoms with E-state index in [4.69, 9.17) is 4.74 Å². The van der Waals surface area contributed by atoms with Crippen LogP contribution >= 0.6 is 11.8 Å². The minimum atomic E-state index is -0.620. The van der Waals surface area contributed by atoms with Crippen LogP contribution in [0.2, 0.25) is 0 Å². The van der Waals surface area contributed by atoms with E-state index >= 15 is 0 Å². The van der Waals surface area contributed by atoms with Crippen LogP contribution in [0.1, 0.15) is 37.9 Å². The lowest BCUT2D eigenvalue weighted by atomic mass is 9.83. The monoisotopic (exact) mass is 268 g/mol. The highest BCUT2D eigenvalue weighted by atomic mass is 32.2. The first kappa shape index (κ1) is 12.3. The summed E-state index contributed by atoms with van der Waals surface area (Å²) in [5.41, 5.74) is 0.302. The molecule has 1 spiro atoms. The average Bonchev–Trinajstić information content (AvgIpc) is 2.34. The number of fused-ring (bicyclic) bond motifs is 1. The Morgan fingerprint density at radius 2 is 2.33 bits per heavy atom. The molecule has 3 atom stereocenters. The van der Waals surface area contributed by atoms with E-state index < -0.39 is 6.10 Å². The van der Waals surface area contributed by atoms with Crippen molar-refractivity contribution < 1.29 is 14.2 Å². The Morgan fingerprint density at radius 3 is 3.11 bits per heavy atom. The van der Waals surface area contributed by atoms with Crippen molar-refractivity contribution in [2.75, 3.05) is 5.75 Å². The van der Waals surface area contributed by atoms with Gasteiger partial charge in [0.1, 0.15) is 17.2 Å². The van der Waals surface area contributed by atoms with Gasteiger partial charge in [-0.25, -0.2) is 4.39 Å². The number of halogens is 1. The van der Waals surface area contributed by atoms with E-state index in [-0.39, 0.29) is 11.4 Å². The molecule has 3 unspecified atom stereocenters. The van der Waals surface area contributed by atoms with Crippen LogP contribution in [0.15, 0.2) is 18.2 Å². The molecule has 2 aliphatic rings. The van der Waals surface area contributed by atoms with E-state index in [0.717, 1.165) is 18.6 Å². The molecule has 1 aromatic carbocycles. The number of aliphatic hydroxyl groups excluding tert-OH is 1. The highest BCUT2D eigenvalue weighted by molar-refractivity contribution is 8.00. The Morgan fingerprint density at radius 1 is 1.50 bits per heavy atom. The summed E-state index contributed by atoms with van der Waals surface area (Å²) in [6.45, 7) is 2.16. The standard InChI is InChI=1S/C14H17FO2S/c1-9-14(5-2-6-18-9)8-12(16)11-7-10(15)3-4-13(11)17-14/h3-4,7,9,12,16H,2,5-6,8H2,1H3. The molecule has 98 valence electrons. The van der Waals surface area contributed by atoms with E-state index in [1.807, 2.05) is 11.8 Å². The number of benzene rings is 1. The molecule has 0 radical (unpaired) electrons. The highest BCUT2D eigenvalue weighted by Crippen LogP contribution is 2.48. The van der Waals surface area contributed by atoms with Crippen LogP contribution in [0.5, 0.6) is 5.75 Å². The molecule has 0 aliphatic carbocycles. The van der Waals surface area contributed by atoms with Gasteiger partial charge in [0.05, 0.1) is 6.10 Å². The topological polar surface area (TPSA) is 29.5 Å². The number of hydrogen-bond donors (Lipinski definition) is 1. The minimum absolute atomic E-state index is 0.285. The van der Waals surface area contributed by atoms with Crippen LogP contribution in [-0.2, 0) is 0 Å². The lowest BCUT2D eigenvalue weighted by Gasteiger charge is -2.46. The number of ether oxygens (including phenoxy) is 1. The molecule has 1 N–H and O–H groups in total. The lowest BCUT2D eigenvalue weighted by Crippen LogP contribution is -2.50. The Labute approximate surface area is 111 Å². The molecular formula is C14H17FO2S. The minimum Gasteiger partial charge on any atom is -0.486 e. The van der Waals surface area contributed by atoms with Crippen molar-refractivity contribution in [2.24, 2.45) is 0 Å². The fourth-order valence-electron chi connectivity index (χ4n) is 2.96. The van der Waals surface area contributed by atoms with Crippen molar-refractivity contribution in [1.29, 1.82) is 0 Å². The molecule has 1 saturated heterocycles. The zero-order valence-corrected chi connectivity index (χ0v) is 11.2. The lowest BCUT2D eigenvalue weighted by molar-refractivity contribution is -0.0213. The fourth-order valence-corrected chi connectivity index (χ4v) is 4.19. The third-order valence-electron chi connectivity index (χ3n) is 4.04. The molecule has 2 heterocycles. The second-order valence-corrected chi connectivity index (χ2v) is 6.63. The predicted octanol–water partition coefficient (Wildman–Crippen LogP) is 3.30. The molecule has 0 bridgehead atoms. The van der Waals surface area contributed by atoms with Gasteiger partial charge in [-0.2, -0.15) is 11.8 Å². The van der Waals surface area contributed by atoms with Gasteiger partial charge in [-0.15, -0.1) is 0 Å². The second-order valence-electron chi connectivity index (χ2n) is 5.19. The summed E-state index contributed by atoms with van der Waals surface area (Å²) in [6, 6.07) is 4.42. The van der Waals surface area contributed by atoms with Crippen molar-refractivity contribution in [3.05, 3.63) is 29.6 Å². The molecule has 18 heavy (non-hydrogen) atoms. The molecule has 4 heteroatoms. The van der Waals surface area contributed by atoms with Gasteiger partial charge in [0.2, 0.25) is 0 Å².